The topological polar surface area (TPSA) is 123 Å². The normalized spacial score (nSPS) is 18.6. The van der Waals surface area contributed by atoms with Crippen molar-refractivity contribution in [3.05, 3.63) is 76.7 Å². The number of halogens is 5. The number of carbonyl (C=O) groups is 2. The van der Waals surface area contributed by atoms with Gasteiger partial charge in [0.05, 0.1) is 5.52 Å². The molecule has 230 valence electrons. The summed E-state index contributed by atoms with van der Waals surface area (Å²) in [6.45, 7) is 1.15. The van der Waals surface area contributed by atoms with Gasteiger partial charge in [-0.05, 0) is 68.7 Å². The number of benzene rings is 2. The molecule has 2 aromatic carbocycles. The van der Waals surface area contributed by atoms with Crippen LogP contribution in [0.4, 0.5) is 22.0 Å². The lowest BCUT2D eigenvalue weighted by Crippen LogP contribution is -2.40. The third kappa shape index (κ3) is 5.70. The van der Waals surface area contributed by atoms with Crippen molar-refractivity contribution in [3.63, 3.8) is 0 Å². The number of primary amides is 1. The van der Waals surface area contributed by atoms with Gasteiger partial charge in [-0.2, -0.15) is 13.2 Å². The zero-order chi connectivity index (χ0) is 31.4. The highest BCUT2D eigenvalue weighted by atomic mass is 19.4. The molecular weight excluding hydrogens is 585 g/mol. The molecule has 1 unspecified atom stereocenters. The zero-order valence-electron chi connectivity index (χ0n) is 23.5. The van der Waals surface area contributed by atoms with Crippen molar-refractivity contribution in [2.75, 3.05) is 13.2 Å². The molecule has 3 heterocycles. The third-order valence-corrected chi connectivity index (χ3v) is 8.24. The van der Waals surface area contributed by atoms with Gasteiger partial charge in [-0.1, -0.05) is 0 Å². The second kappa shape index (κ2) is 10.9. The summed E-state index contributed by atoms with van der Waals surface area (Å²) < 4.78 is 74.6. The number of hydrogen-bond donors (Lipinski definition) is 3. The van der Waals surface area contributed by atoms with Crippen molar-refractivity contribution in [2.24, 2.45) is 5.73 Å². The van der Waals surface area contributed by atoms with Crippen molar-refractivity contribution < 1.29 is 36.3 Å². The largest absolute Gasteiger partial charge is 0.489 e. The molecule has 2 amide bonds. The van der Waals surface area contributed by atoms with Gasteiger partial charge in [0.15, 0.2) is 5.82 Å². The van der Waals surface area contributed by atoms with Crippen LogP contribution in [0.2, 0.25) is 0 Å². The first-order valence-corrected chi connectivity index (χ1v) is 14.1. The van der Waals surface area contributed by atoms with E-state index in [0.29, 0.717) is 22.5 Å². The fourth-order valence-electron chi connectivity index (χ4n) is 5.41. The molecule has 4 N–H and O–H groups in total. The van der Waals surface area contributed by atoms with Gasteiger partial charge in [-0.25, -0.2) is 18.7 Å². The number of aromatic amines is 1. The highest BCUT2D eigenvalue weighted by Crippen LogP contribution is 2.46. The van der Waals surface area contributed by atoms with E-state index in [2.05, 4.69) is 20.3 Å². The molecule has 0 radical (unpaired) electrons. The summed E-state index contributed by atoms with van der Waals surface area (Å²) in [5.74, 6) is -2.50. The predicted octanol–water partition coefficient (Wildman–Crippen LogP) is 5.77. The number of nitrogens with zero attached hydrogens (tertiary/aromatic N) is 2. The fourth-order valence-corrected chi connectivity index (χ4v) is 5.41. The number of rotatable bonds is 9. The Morgan fingerprint density at radius 2 is 1.86 bits per heavy atom. The Bertz CT molecular complexity index is 1770. The predicted molar refractivity (Wildman–Crippen MR) is 150 cm³/mol. The Hall–Kier alpha value is -4.55. The quantitative estimate of drug-likeness (QED) is 0.207. The number of fused-ring (bicyclic) bond motifs is 2. The molecule has 1 aliphatic heterocycles. The van der Waals surface area contributed by atoms with Crippen LogP contribution in [0, 0.1) is 11.6 Å². The Morgan fingerprint density at radius 1 is 1.14 bits per heavy atom. The molecular formula is C31H28F5N5O3. The Labute approximate surface area is 248 Å². The van der Waals surface area contributed by atoms with E-state index in [9.17, 15) is 31.5 Å². The summed E-state index contributed by atoms with van der Waals surface area (Å²) in [7, 11) is 0. The van der Waals surface area contributed by atoms with E-state index in [0.717, 1.165) is 18.9 Å². The monoisotopic (exact) mass is 613 g/mol. The first kappa shape index (κ1) is 29.5. The number of carbonyl (C=O) groups excluding carboxylic acids is 2. The van der Waals surface area contributed by atoms with Gasteiger partial charge in [-0.3, -0.25) is 9.59 Å². The average molecular weight is 614 g/mol. The molecule has 1 saturated carbocycles. The summed E-state index contributed by atoms with van der Waals surface area (Å²) in [6.07, 6.45) is -4.25. The highest BCUT2D eigenvalue weighted by Gasteiger charge is 2.44. The lowest BCUT2D eigenvalue weighted by atomic mass is 9.82. The minimum absolute atomic E-state index is 0.0285. The standard InChI is InChI=1S/C31H28F5N5O3/c1-30(29(37)43)14-44-26-20(30)12-22(39-24(26)15-4-6-19(32)7-5-15)17(8-9-31(34,35)36)13-38-28(42)18-10-21(33)25-23(11-18)40-27(41-25)16-2-3-16/h4-7,10-12,16-17H,2-3,8-9,13-14H2,1H3,(H2,37,43)(H,38,42)(H,40,41)/t17?,30-/m0/s1. The summed E-state index contributed by atoms with van der Waals surface area (Å²) >= 11 is 0. The van der Waals surface area contributed by atoms with Crippen LogP contribution in [-0.4, -0.2) is 46.1 Å². The molecule has 2 aliphatic rings. The van der Waals surface area contributed by atoms with Gasteiger partial charge in [0.1, 0.15) is 40.6 Å². The molecule has 8 nitrogen and oxygen atoms in total. The van der Waals surface area contributed by atoms with Crippen molar-refractivity contribution in [3.8, 4) is 17.0 Å². The molecule has 0 spiro atoms. The lowest BCUT2D eigenvalue weighted by molar-refractivity contribution is -0.136. The van der Waals surface area contributed by atoms with Crippen LogP contribution in [0.1, 0.15) is 71.9 Å². The number of H-pyrrole nitrogens is 1. The number of hydrogen-bond acceptors (Lipinski definition) is 5. The maximum absolute atomic E-state index is 14.8. The Morgan fingerprint density at radius 3 is 2.52 bits per heavy atom. The van der Waals surface area contributed by atoms with Crippen molar-refractivity contribution >= 4 is 22.8 Å². The van der Waals surface area contributed by atoms with E-state index in [-0.39, 0.29) is 47.3 Å². The molecule has 2 aromatic heterocycles. The van der Waals surface area contributed by atoms with Gasteiger partial charge >= 0.3 is 6.18 Å². The number of nitrogens with two attached hydrogens (primary N) is 1. The van der Waals surface area contributed by atoms with Crippen LogP contribution >= 0.6 is 0 Å². The van der Waals surface area contributed by atoms with Crippen LogP contribution in [0.15, 0.2) is 42.5 Å². The first-order valence-electron chi connectivity index (χ1n) is 14.1. The molecule has 6 rings (SSSR count). The average Bonchev–Trinajstić information content (AvgIpc) is 3.64. The van der Waals surface area contributed by atoms with E-state index >= 15 is 0 Å². The summed E-state index contributed by atoms with van der Waals surface area (Å²) in [6, 6.07) is 9.23. The van der Waals surface area contributed by atoms with Gasteiger partial charge in [-0.15, -0.1) is 0 Å². The zero-order valence-corrected chi connectivity index (χ0v) is 23.5. The van der Waals surface area contributed by atoms with E-state index in [1.807, 2.05) is 0 Å². The second-order valence-corrected chi connectivity index (χ2v) is 11.6. The number of pyridine rings is 1. The van der Waals surface area contributed by atoms with Crippen LogP contribution < -0.4 is 15.8 Å². The van der Waals surface area contributed by atoms with Crippen molar-refractivity contribution in [1.29, 1.82) is 0 Å². The smallest absolute Gasteiger partial charge is 0.389 e. The Balaban J connectivity index is 1.35. The maximum Gasteiger partial charge on any atom is 0.389 e. The van der Waals surface area contributed by atoms with Gasteiger partial charge in [0.2, 0.25) is 5.91 Å². The van der Waals surface area contributed by atoms with Crippen LogP contribution in [0.25, 0.3) is 22.3 Å². The first-order chi connectivity index (χ1) is 20.8. The van der Waals surface area contributed by atoms with Gasteiger partial charge in [0, 0.05) is 47.2 Å². The minimum Gasteiger partial charge on any atom is -0.489 e. The van der Waals surface area contributed by atoms with Gasteiger partial charge in [0.25, 0.3) is 5.91 Å². The SMILES string of the molecule is C[C@]1(C(N)=O)COc2c1cc(C(CCC(F)(F)F)CNC(=O)c1cc(F)c3nc(C4CC4)[nH]c3c1)nc2-c1ccc(F)cc1. The minimum atomic E-state index is -4.50. The number of ether oxygens (including phenoxy) is 1. The molecule has 13 heteroatoms. The molecule has 44 heavy (non-hydrogen) atoms. The number of amides is 2. The highest BCUT2D eigenvalue weighted by molar-refractivity contribution is 5.97. The van der Waals surface area contributed by atoms with Crippen LogP contribution in [0.3, 0.4) is 0 Å². The number of aromatic nitrogens is 3. The lowest BCUT2D eigenvalue weighted by Gasteiger charge is -2.23. The summed E-state index contributed by atoms with van der Waals surface area (Å²) in [5.41, 5.74) is 5.91. The molecule has 0 bridgehead atoms. The maximum atomic E-state index is 14.8. The van der Waals surface area contributed by atoms with Crippen molar-refractivity contribution in [1.82, 2.24) is 20.3 Å². The second-order valence-electron chi connectivity index (χ2n) is 11.6. The molecule has 1 aliphatic carbocycles. The molecule has 4 aromatic rings. The van der Waals surface area contributed by atoms with E-state index in [1.54, 1.807) is 6.92 Å². The molecule has 1 fully saturated rings. The Kier molecular flexibility index (Phi) is 7.29. The molecule has 2 atom stereocenters. The molecule has 0 saturated heterocycles. The number of alkyl halides is 3. The third-order valence-electron chi connectivity index (χ3n) is 8.24. The van der Waals surface area contributed by atoms with Crippen LogP contribution in [0.5, 0.6) is 5.75 Å². The summed E-state index contributed by atoms with van der Waals surface area (Å²) in [5, 5.41) is 2.63. The van der Waals surface area contributed by atoms with E-state index in [1.165, 1.54) is 36.4 Å². The van der Waals surface area contributed by atoms with E-state index < -0.39 is 53.8 Å². The number of nitrogens with one attached hydrogen (secondary N) is 2. The number of imidazole rings is 1. The fraction of sp³-hybridized carbons (Fsp3) is 0.355. The summed E-state index contributed by atoms with van der Waals surface area (Å²) in [4.78, 5) is 37.6. The van der Waals surface area contributed by atoms with Crippen molar-refractivity contribution in [2.45, 2.75) is 56.0 Å². The van der Waals surface area contributed by atoms with Crippen LogP contribution in [-0.2, 0) is 10.2 Å². The van der Waals surface area contributed by atoms with E-state index in [4.69, 9.17) is 10.5 Å². The van der Waals surface area contributed by atoms with Gasteiger partial charge < -0.3 is 20.8 Å².